The van der Waals surface area contributed by atoms with E-state index in [-0.39, 0.29) is 12.1 Å². The molecule has 24 heavy (non-hydrogen) atoms. The molecule has 1 unspecified atom stereocenters. The van der Waals surface area contributed by atoms with Crippen LogP contribution >= 0.6 is 11.6 Å². The molecule has 0 radical (unpaired) electrons. The summed E-state index contributed by atoms with van der Waals surface area (Å²) in [5.41, 5.74) is 1.84. The van der Waals surface area contributed by atoms with Gasteiger partial charge in [0.2, 0.25) is 0 Å². The highest BCUT2D eigenvalue weighted by molar-refractivity contribution is 6.30. The van der Waals surface area contributed by atoms with E-state index >= 15 is 0 Å². The minimum atomic E-state index is -0.256. The van der Waals surface area contributed by atoms with Crippen LogP contribution in [0.1, 0.15) is 24.4 Å². The first-order valence-electron chi connectivity index (χ1n) is 7.72. The van der Waals surface area contributed by atoms with Crippen LogP contribution in [0.5, 0.6) is 0 Å². The molecule has 2 N–H and O–H groups in total. The van der Waals surface area contributed by atoms with Gasteiger partial charge in [-0.15, -0.1) is 10.2 Å². The van der Waals surface area contributed by atoms with E-state index in [2.05, 4.69) is 20.8 Å². The quantitative estimate of drug-likeness (QED) is 0.748. The molecule has 0 saturated heterocycles. The number of benzene rings is 1. The summed E-state index contributed by atoms with van der Waals surface area (Å²) in [5, 5.41) is 14.6. The van der Waals surface area contributed by atoms with Crippen molar-refractivity contribution in [3.05, 3.63) is 65.1 Å². The Morgan fingerprint density at radius 1 is 1.25 bits per heavy atom. The normalized spacial score (nSPS) is 12.1. The Hall–Kier alpha value is -2.60. The van der Waals surface area contributed by atoms with Crippen molar-refractivity contribution in [3.8, 4) is 0 Å². The van der Waals surface area contributed by atoms with Crippen LogP contribution in [0.2, 0.25) is 5.02 Å². The second-order valence-electron chi connectivity index (χ2n) is 5.49. The van der Waals surface area contributed by atoms with Crippen LogP contribution in [0.4, 0.5) is 4.79 Å². The molecule has 0 aliphatic rings. The zero-order valence-corrected chi connectivity index (χ0v) is 14.0. The van der Waals surface area contributed by atoms with E-state index < -0.39 is 0 Å². The molecule has 3 aromatic rings. The number of halogens is 1. The molecule has 0 bridgehead atoms. The highest BCUT2D eigenvalue weighted by atomic mass is 35.5. The number of rotatable bonds is 5. The van der Waals surface area contributed by atoms with E-state index in [1.165, 1.54) is 0 Å². The fourth-order valence-electron chi connectivity index (χ4n) is 2.48. The fourth-order valence-corrected chi connectivity index (χ4v) is 2.69. The van der Waals surface area contributed by atoms with Crippen LogP contribution in [0.3, 0.4) is 0 Å². The summed E-state index contributed by atoms with van der Waals surface area (Å²) < 4.78 is 1.86. The number of nitrogens with zero attached hydrogens (tertiary/aromatic N) is 3. The van der Waals surface area contributed by atoms with Gasteiger partial charge in [-0.05, 0) is 43.2 Å². The Morgan fingerprint density at radius 3 is 2.96 bits per heavy atom. The van der Waals surface area contributed by atoms with Crippen LogP contribution in [0.25, 0.3) is 5.65 Å². The highest BCUT2D eigenvalue weighted by Crippen LogP contribution is 2.12. The van der Waals surface area contributed by atoms with E-state index in [0.717, 1.165) is 17.6 Å². The number of urea groups is 1. The Balaban J connectivity index is 1.53. The Bertz CT molecular complexity index is 848. The molecule has 3 rings (SSSR count). The SMILES string of the molecule is CC(NC(=O)NCCc1cccc(Cl)c1)c1nnc2ccccn12. The maximum Gasteiger partial charge on any atom is 0.315 e. The molecule has 2 heterocycles. The molecule has 7 heteroatoms. The van der Waals surface area contributed by atoms with Gasteiger partial charge >= 0.3 is 6.03 Å². The average molecular weight is 344 g/mol. The lowest BCUT2D eigenvalue weighted by molar-refractivity contribution is 0.237. The predicted molar refractivity (Wildman–Crippen MR) is 93.1 cm³/mol. The summed E-state index contributed by atoms with van der Waals surface area (Å²) in [5.74, 6) is 0.690. The average Bonchev–Trinajstić information content (AvgIpc) is 2.99. The van der Waals surface area contributed by atoms with Crippen molar-refractivity contribution in [2.24, 2.45) is 0 Å². The maximum absolute atomic E-state index is 12.0. The van der Waals surface area contributed by atoms with Crippen molar-refractivity contribution in [1.82, 2.24) is 25.2 Å². The third kappa shape index (κ3) is 3.83. The number of aromatic nitrogens is 3. The Morgan fingerprint density at radius 2 is 2.12 bits per heavy atom. The molecule has 2 aromatic heterocycles. The van der Waals surface area contributed by atoms with E-state index in [1.54, 1.807) is 0 Å². The molecule has 124 valence electrons. The first-order valence-corrected chi connectivity index (χ1v) is 8.10. The number of carbonyl (C=O) groups is 1. The van der Waals surface area contributed by atoms with Crippen molar-refractivity contribution < 1.29 is 4.79 Å². The lowest BCUT2D eigenvalue weighted by atomic mass is 10.1. The lowest BCUT2D eigenvalue weighted by Crippen LogP contribution is -2.38. The fraction of sp³-hybridized carbons (Fsp3) is 0.235. The first kappa shape index (κ1) is 16.3. The summed E-state index contributed by atoms with van der Waals surface area (Å²) in [4.78, 5) is 12.0. The minimum absolute atomic E-state index is 0.239. The summed E-state index contributed by atoms with van der Waals surface area (Å²) >= 11 is 5.95. The smallest absolute Gasteiger partial charge is 0.315 e. The molecule has 2 amide bonds. The van der Waals surface area contributed by atoms with Crippen LogP contribution in [-0.4, -0.2) is 27.2 Å². The number of carbonyl (C=O) groups excluding carboxylic acids is 1. The first-order chi connectivity index (χ1) is 11.6. The van der Waals surface area contributed by atoms with Crippen molar-refractivity contribution in [2.75, 3.05) is 6.54 Å². The van der Waals surface area contributed by atoms with Crippen molar-refractivity contribution in [2.45, 2.75) is 19.4 Å². The second kappa shape index (κ2) is 7.31. The van der Waals surface area contributed by atoms with E-state index in [9.17, 15) is 4.79 Å². The summed E-state index contributed by atoms with van der Waals surface area (Å²) in [7, 11) is 0. The van der Waals surface area contributed by atoms with E-state index in [4.69, 9.17) is 11.6 Å². The molecule has 6 nitrogen and oxygen atoms in total. The van der Waals surface area contributed by atoms with Crippen molar-refractivity contribution in [1.29, 1.82) is 0 Å². The number of fused-ring (bicyclic) bond motifs is 1. The molecule has 0 saturated carbocycles. The largest absolute Gasteiger partial charge is 0.338 e. The molecule has 0 spiro atoms. The number of pyridine rings is 1. The summed E-state index contributed by atoms with van der Waals surface area (Å²) in [6.07, 6.45) is 2.59. The van der Waals surface area contributed by atoms with Crippen LogP contribution in [-0.2, 0) is 6.42 Å². The zero-order chi connectivity index (χ0) is 16.9. The minimum Gasteiger partial charge on any atom is -0.338 e. The molecule has 1 atom stereocenters. The molecular weight excluding hydrogens is 326 g/mol. The van der Waals surface area contributed by atoms with Gasteiger partial charge in [-0.1, -0.05) is 29.8 Å². The van der Waals surface area contributed by atoms with Gasteiger partial charge in [0.1, 0.15) is 0 Å². The molecule has 0 fully saturated rings. The molecule has 1 aromatic carbocycles. The van der Waals surface area contributed by atoms with Gasteiger partial charge in [0.15, 0.2) is 11.5 Å². The number of nitrogens with one attached hydrogen (secondary N) is 2. The van der Waals surface area contributed by atoms with Crippen LogP contribution < -0.4 is 10.6 Å². The van der Waals surface area contributed by atoms with E-state index in [1.807, 2.05) is 60.0 Å². The summed E-state index contributed by atoms with van der Waals surface area (Å²) in [6.45, 7) is 2.40. The molecule has 0 aliphatic carbocycles. The van der Waals surface area contributed by atoms with Gasteiger partial charge in [-0.25, -0.2) is 4.79 Å². The standard InChI is InChI=1S/C17H18ClN5O/c1-12(16-22-21-15-7-2-3-10-23(15)16)20-17(24)19-9-8-13-5-4-6-14(18)11-13/h2-7,10-12H,8-9H2,1H3,(H2,19,20,24). The van der Waals surface area contributed by atoms with Crippen LogP contribution in [0.15, 0.2) is 48.7 Å². The number of amides is 2. The van der Waals surface area contributed by atoms with Gasteiger partial charge in [0.25, 0.3) is 0 Å². The molecular formula is C17H18ClN5O. The third-order valence-electron chi connectivity index (χ3n) is 3.66. The van der Waals surface area contributed by atoms with Gasteiger partial charge in [-0.3, -0.25) is 4.40 Å². The second-order valence-corrected chi connectivity index (χ2v) is 5.93. The van der Waals surface area contributed by atoms with Gasteiger partial charge in [0, 0.05) is 17.8 Å². The van der Waals surface area contributed by atoms with E-state index in [0.29, 0.717) is 17.4 Å². The Kier molecular flexibility index (Phi) is 4.96. The maximum atomic E-state index is 12.0. The highest BCUT2D eigenvalue weighted by Gasteiger charge is 2.15. The Labute approximate surface area is 144 Å². The number of hydrogen-bond acceptors (Lipinski definition) is 3. The van der Waals surface area contributed by atoms with Crippen molar-refractivity contribution in [3.63, 3.8) is 0 Å². The summed E-state index contributed by atoms with van der Waals surface area (Å²) in [6, 6.07) is 12.8. The lowest BCUT2D eigenvalue weighted by Gasteiger charge is -2.13. The topological polar surface area (TPSA) is 71.3 Å². The predicted octanol–water partition coefficient (Wildman–Crippen LogP) is 2.99. The van der Waals surface area contributed by atoms with Gasteiger partial charge in [0.05, 0.1) is 6.04 Å². The third-order valence-corrected chi connectivity index (χ3v) is 3.90. The van der Waals surface area contributed by atoms with Gasteiger partial charge < -0.3 is 10.6 Å². The molecule has 0 aliphatic heterocycles. The zero-order valence-electron chi connectivity index (χ0n) is 13.2. The van der Waals surface area contributed by atoms with Gasteiger partial charge in [-0.2, -0.15) is 0 Å². The van der Waals surface area contributed by atoms with Crippen LogP contribution in [0, 0.1) is 0 Å². The monoisotopic (exact) mass is 343 g/mol. The van der Waals surface area contributed by atoms with Crippen molar-refractivity contribution >= 4 is 23.3 Å². The number of hydrogen-bond donors (Lipinski definition) is 2.